The molecule has 0 saturated carbocycles. The molecule has 0 bridgehead atoms. The van der Waals surface area contributed by atoms with Gasteiger partial charge in [-0.3, -0.25) is 14.4 Å². The van der Waals surface area contributed by atoms with E-state index < -0.39 is 11.9 Å². The lowest BCUT2D eigenvalue weighted by Gasteiger charge is -2.35. The number of carbonyl (C=O) groups excluding carboxylic acids is 2. The molecule has 2 amide bonds. The number of rotatable bonds is 4. The molecule has 0 spiro atoms. The van der Waals surface area contributed by atoms with Crippen LogP contribution in [0.5, 0.6) is 0 Å². The van der Waals surface area contributed by atoms with Gasteiger partial charge in [-0.05, 0) is 43.5 Å². The average molecular weight is 290 g/mol. The maximum atomic E-state index is 12.5. The Hall–Kier alpha value is -2.37. The second-order valence-electron chi connectivity index (χ2n) is 5.19. The number of benzene rings is 1. The standard InChI is InChI=1S/C15H18N2O4/c16-14(20)10-4-6-11(7-5-10)15(21)17-8-2-1-3-12(17)9-13(18)19/h4-7,12H,1-3,8-9H2,(H2,16,20)(H,18,19). The zero-order chi connectivity index (χ0) is 15.4. The van der Waals surface area contributed by atoms with Crippen LogP contribution in [0.2, 0.25) is 0 Å². The highest BCUT2D eigenvalue weighted by Gasteiger charge is 2.29. The highest BCUT2D eigenvalue weighted by Crippen LogP contribution is 2.22. The molecule has 1 heterocycles. The van der Waals surface area contributed by atoms with Crippen molar-refractivity contribution in [1.82, 2.24) is 4.90 Å². The summed E-state index contributed by atoms with van der Waals surface area (Å²) in [5, 5.41) is 8.94. The maximum Gasteiger partial charge on any atom is 0.305 e. The maximum absolute atomic E-state index is 12.5. The van der Waals surface area contributed by atoms with Crippen molar-refractivity contribution in [1.29, 1.82) is 0 Å². The summed E-state index contributed by atoms with van der Waals surface area (Å²) in [7, 11) is 0. The minimum Gasteiger partial charge on any atom is -0.481 e. The molecule has 3 N–H and O–H groups in total. The molecule has 6 nitrogen and oxygen atoms in total. The number of piperidine rings is 1. The molecule has 0 aromatic heterocycles. The Morgan fingerprint density at radius 1 is 1.14 bits per heavy atom. The molecule has 2 rings (SSSR count). The van der Waals surface area contributed by atoms with Crippen LogP contribution in [-0.4, -0.2) is 40.4 Å². The van der Waals surface area contributed by atoms with Crippen molar-refractivity contribution in [2.24, 2.45) is 5.73 Å². The van der Waals surface area contributed by atoms with Gasteiger partial charge in [-0.2, -0.15) is 0 Å². The lowest BCUT2D eigenvalue weighted by molar-refractivity contribution is -0.138. The Kier molecular flexibility index (Phi) is 4.57. The summed E-state index contributed by atoms with van der Waals surface area (Å²) < 4.78 is 0. The molecular formula is C15H18N2O4. The summed E-state index contributed by atoms with van der Waals surface area (Å²) in [5.74, 6) is -1.64. The number of aliphatic carboxylic acids is 1. The molecule has 112 valence electrons. The first-order valence-corrected chi connectivity index (χ1v) is 6.91. The van der Waals surface area contributed by atoms with E-state index in [1.54, 1.807) is 17.0 Å². The SMILES string of the molecule is NC(=O)c1ccc(C(=O)N2CCCCC2CC(=O)O)cc1. The zero-order valence-corrected chi connectivity index (χ0v) is 11.6. The molecule has 0 aliphatic carbocycles. The van der Waals surface area contributed by atoms with Crippen LogP contribution in [0.25, 0.3) is 0 Å². The number of nitrogens with two attached hydrogens (primary N) is 1. The van der Waals surface area contributed by atoms with E-state index in [0.29, 0.717) is 24.1 Å². The number of carboxylic acids is 1. The summed E-state index contributed by atoms with van der Waals surface area (Å²) >= 11 is 0. The summed E-state index contributed by atoms with van der Waals surface area (Å²) in [6, 6.07) is 5.85. The summed E-state index contributed by atoms with van der Waals surface area (Å²) in [6.07, 6.45) is 2.48. The number of likely N-dealkylation sites (tertiary alicyclic amines) is 1. The van der Waals surface area contributed by atoms with E-state index in [0.717, 1.165) is 12.8 Å². The molecular weight excluding hydrogens is 272 g/mol. The van der Waals surface area contributed by atoms with Gasteiger partial charge in [0, 0.05) is 23.7 Å². The number of carboxylic acid groups (broad SMARTS) is 1. The monoisotopic (exact) mass is 290 g/mol. The molecule has 1 aromatic carbocycles. The minimum atomic E-state index is -0.899. The number of nitrogens with zero attached hydrogens (tertiary/aromatic N) is 1. The van der Waals surface area contributed by atoms with E-state index in [2.05, 4.69) is 0 Å². The van der Waals surface area contributed by atoms with E-state index in [1.807, 2.05) is 0 Å². The van der Waals surface area contributed by atoms with Gasteiger partial charge in [0.2, 0.25) is 5.91 Å². The first-order chi connectivity index (χ1) is 9.99. The number of hydrogen-bond donors (Lipinski definition) is 2. The number of amides is 2. The van der Waals surface area contributed by atoms with E-state index in [-0.39, 0.29) is 18.4 Å². The van der Waals surface area contributed by atoms with Crippen molar-refractivity contribution in [2.45, 2.75) is 31.7 Å². The van der Waals surface area contributed by atoms with Gasteiger partial charge in [0.1, 0.15) is 0 Å². The van der Waals surface area contributed by atoms with Gasteiger partial charge in [-0.25, -0.2) is 0 Å². The first-order valence-electron chi connectivity index (χ1n) is 6.91. The van der Waals surface area contributed by atoms with Crippen LogP contribution in [0.3, 0.4) is 0 Å². The Morgan fingerprint density at radius 3 is 2.33 bits per heavy atom. The molecule has 1 unspecified atom stereocenters. The van der Waals surface area contributed by atoms with E-state index in [4.69, 9.17) is 10.8 Å². The quantitative estimate of drug-likeness (QED) is 0.871. The molecule has 1 saturated heterocycles. The van der Waals surface area contributed by atoms with Crippen molar-refractivity contribution in [2.75, 3.05) is 6.54 Å². The van der Waals surface area contributed by atoms with Crippen LogP contribution >= 0.6 is 0 Å². The zero-order valence-electron chi connectivity index (χ0n) is 11.6. The number of carbonyl (C=O) groups is 3. The Morgan fingerprint density at radius 2 is 1.76 bits per heavy atom. The fourth-order valence-electron chi connectivity index (χ4n) is 2.62. The smallest absolute Gasteiger partial charge is 0.305 e. The Labute approximate surface area is 122 Å². The van der Waals surface area contributed by atoms with Crippen molar-refractivity contribution >= 4 is 17.8 Å². The van der Waals surface area contributed by atoms with Gasteiger partial charge in [-0.1, -0.05) is 0 Å². The summed E-state index contributed by atoms with van der Waals surface area (Å²) in [5.41, 5.74) is 5.94. The number of primary amides is 1. The first kappa shape index (κ1) is 15.0. The minimum absolute atomic E-state index is 0.0366. The highest BCUT2D eigenvalue weighted by atomic mass is 16.4. The second-order valence-corrected chi connectivity index (χ2v) is 5.19. The van der Waals surface area contributed by atoms with E-state index in [1.165, 1.54) is 12.1 Å². The molecule has 21 heavy (non-hydrogen) atoms. The van der Waals surface area contributed by atoms with Crippen LogP contribution in [0.15, 0.2) is 24.3 Å². The van der Waals surface area contributed by atoms with Crippen molar-refractivity contribution in [3.63, 3.8) is 0 Å². The number of hydrogen-bond acceptors (Lipinski definition) is 3. The van der Waals surface area contributed by atoms with Gasteiger partial charge in [0.25, 0.3) is 5.91 Å². The molecule has 6 heteroatoms. The van der Waals surface area contributed by atoms with Crippen LogP contribution < -0.4 is 5.73 Å². The Bertz CT molecular complexity index is 553. The fraction of sp³-hybridized carbons (Fsp3) is 0.400. The largest absolute Gasteiger partial charge is 0.481 e. The molecule has 1 aromatic rings. The van der Waals surface area contributed by atoms with Gasteiger partial charge in [0.05, 0.1) is 6.42 Å². The van der Waals surface area contributed by atoms with Crippen LogP contribution in [0.1, 0.15) is 46.4 Å². The third-order valence-corrected chi connectivity index (χ3v) is 3.71. The molecule has 0 radical (unpaired) electrons. The third kappa shape index (κ3) is 3.59. The highest BCUT2D eigenvalue weighted by molar-refractivity contribution is 5.97. The summed E-state index contributed by atoms with van der Waals surface area (Å²) in [4.78, 5) is 36.0. The van der Waals surface area contributed by atoms with Crippen LogP contribution in [-0.2, 0) is 4.79 Å². The van der Waals surface area contributed by atoms with Gasteiger partial charge < -0.3 is 15.7 Å². The summed E-state index contributed by atoms with van der Waals surface area (Å²) in [6.45, 7) is 0.564. The van der Waals surface area contributed by atoms with Crippen LogP contribution in [0.4, 0.5) is 0 Å². The van der Waals surface area contributed by atoms with E-state index in [9.17, 15) is 14.4 Å². The van der Waals surface area contributed by atoms with Crippen molar-refractivity contribution in [3.8, 4) is 0 Å². The van der Waals surface area contributed by atoms with Gasteiger partial charge >= 0.3 is 5.97 Å². The third-order valence-electron chi connectivity index (χ3n) is 3.71. The lowest BCUT2D eigenvalue weighted by Crippen LogP contribution is -2.44. The molecule has 1 fully saturated rings. The fourth-order valence-corrected chi connectivity index (χ4v) is 2.62. The topological polar surface area (TPSA) is 101 Å². The van der Waals surface area contributed by atoms with E-state index >= 15 is 0 Å². The normalized spacial score (nSPS) is 18.3. The molecule has 1 atom stereocenters. The second kappa shape index (κ2) is 6.39. The predicted molar refractivity (Wildman–Crippen MR) is 75.9 cm³/mol. The van der Waals surface area contributed by atoms with Crippen molar-refractivity contribution in [3.05, 3.63) is 35.4 Å². The average Bonchev–Trinajstić information content (AvgIpc) is 2.46. The molecule has 1 aliphatic rings. The van der Waals surface area contributed by atoms with Gasteiger partial charge in [-0.15, -0.1) is 0 Å². The molecule has 1 aliphatic heterocycles. The predicted octanol–water partition coefficient (Wildman–Crippen LogP) is 1.25. The Balaban J connectivity index is 2.16. The van der Waals surface area contributed by atoms with Gasteiger partial charge in [0.15, 0.2) is 0 Å². The van der Waals surface area contributed by atoms with Crippen LogP contribution in [0, 0.1) is 0 Å². The lowest BCUT2D eigenvalue weighted by atomic mass is 9.98. The van der Waals surface area contributed by atoms with Crippen molar-refractivity contribution < 1.29 is 19.5 Å².